The van der Waals surface area contributed by atoms with E-state index in [0.717, 1.165) is 13.0 Å². The summed E-state index contributed by atoms with van der Waals surface area (Å²) in [7, 11) is 0. The fraction of sp³-hybridized carbons (Fsp3) is 0.667. The van der Waals surface area contributed by atoms with Gasteiger partial charge in [-0.25, -0.2) is 0 Å². The number of benzene rings is 1. The normalized spacial score (nSPS) is 13.4. The predicted molar refractivity (Wildman–Crippen MR) is 88.7 cm³/mol. The third kappa shape index (κ3) is 8.20. The highest BCUT2D eigenvalue weighted by Gasteiger charge is 2.12. The molecule has 1 unspecified atom stereocenters. The molecule has 0 aromatic heterocycles. The number of hydrogen-bond donors (Lipinski definition) is 1. The van der Waals surface area contributed by atoms with E-state index in [-0.39, 0.29) is 11.6 Å². The molecule has 3 heteroatoms. The van der Waals surface area contributed by atoms with Crippen molar-refractivity contribution in [1.29, 1.82) is 0 Å². The molecule has 0 saturated carbocycles. The Morgan fingerprint density at radius 2 is 1.76 bits per heavy atom. The Morgan fingerprint density at radius 1 is 1.10 bits per heavy atom. The van der Waals surface area contributed by atoms with Crippen molar-refractivity contribution in [3.05, 3.63) is 35.4 Å². The Morgan fingerprint density at radius 3 is 2.33 bits per heavy atom. The summed E-state index contributed by atoms with van der Waals surface area (Å²) >= 11 is 0. The SMILES string of the molecule is CCCNC(COCCOC(C)(C)C)c1ccc(C)cc1. The van der Waals surface area contributed by atoms with E-state index < -0.39 is 0 Å². The summed E-state index contributed by atoms with van der Waals surface area (Å²) < 4.78 is 11.5. The lowest BCUT2D eigenvalue weighted by Gasteiger charge is -2.21. The van der Waals surface area contributed by atoms with Crippen LogP contribution in [0.5, 0.6) is 0 Å². The summed E-state index contributed by atoms with van der Waals surface area (Å²) in [6.07, 6.45) is 1.12. The van der Waals surface area contributed by atoms with E-state index in [1.807, 2.05) is 0 Å². The van der Waals surface area contributed by atoms with Gasteiger partial charge in [0.05, 0.1) is 31.5 Å². The molecule has 120 valence electrons. The van der Waals surface area contributed by atoms with E-state index in [1.165, 1.54) is 11.1 Å². The van der Waals surface area contributed by atoms with Crippen molar-refractivity contribution in [3.63, 3.8) is 0 Å². The van der Waals surface area contributed by atoms with Gasteiger partial charge in [0.2, 0.25) is 0 Å². The van der Waals surface area contributed by atoms with Crippen LogP contribution < -0.4 is 5.32 Å². The first-order valence-electron chi connectivity index (χ1n) is 7.94. The van der Waals surface area contributed by atoms with Crippen LogP contribution in [0, 0.1) is 6.92 Å². The lowest BCUT2D eigenvalue weighted by molar-refractivity contribution is -0.0374. The molecule has 0 aliphatic rings. The van der Waals surface area contributed by atoms with Gasteiger partial charge in [0, 0.05) is 0 Å². The zero-order valence-corrected chi connectivity index (χ0v) is 14.2. The lowest BCUT2D eigenvalue weighted by atomic mass is 10.1. The summed E-state index contributed by atoms with van der Waals surface area (Å²) in [5, 5.41) is 3.55. The van der Waals surface area contributed by atoms with Crippen molar-refractivity contribution >= 4 is 0 Å². The van der Waals surface area contributed by atoms with Crippen LogP contribution in [0.15, 0.2) is 24.3 Å². The predicted octanol–water partition coefficient (Wildman–Crippen LogP) is 3.87. The molecule has 0 saturated heterocycles. The molecule has 1 aromatic rings. The number of nitrogens with one attached hydrogen (secondary N) is 1. The van der Waals surface area contributed by atoms with Gasteiger partial charge < -0.3 is 14.8 Å². The van der Waals surface area contributed by atoms with Crippen LogP contribution in [0.2, 0.25) is 0 Å². The molecule has 1 N–H and O–H groups in total. The van der Waals surface area contributed by atoms with E-state index in [4.69, 9.17) is 9.47 Å². The maximum Gasteiger partial charge on any atom is 0.0707 e. The fourth-order valence-corrected chi connectivity index (χ4v) is 2.00. The fourth-order valence-electron chi connectivity index (χ4n) is 2.00. The Kier molecular flexibility index (Phi) is 7.94. The Bertz CT molecular complexity index is 381. The highest BCUT2D eigenvalue weighted by molar-refractivity contribution is 5.24. The summed E-state index contributed by atoms with van der Waals surface area (Å²) in [5.41, 5.74) is 2.47. The average molecular weight is 293 g/mol. The molecular formula is C18H31NO2. The smallest absolute Gasteiger partial charge is 0.0707 e. The van der Waals surface area contributed by atoms with Gasteiger partial charge in [0.25, 0.3) is 0 Å². The summed E-state index contributed by atoms with van der Waals surface area (Å²) in [6.45, 7) is 13.4. The molecule has 21 heavy (non-hydrogen) atoms. The third-order valence-electron chi connectivity index (χ3n) is 3.17. The van der Waals surface area contributed by atoms with E-state index in [0.29, 0.717) is 19.8 Å². The van der Waals surface area contributed by atoms with Crippen molar-refractivity contribution in [2.45, 2.75) is 52.7 Å². The highest BCUT2D eigenvalue weighted by Crippen LogP contribution is 2.14. The topological polar surface area (TPSA) is 30.5 Å². The van der Waals surface area contributed by atoms with Gasteiger partial charge in [0.1, 0.15) is 0 Å². The van der Waals surface area contributed by atoms with E-state index in [2.05, 4.69) is 64.2 Å². The van der Waals surface area contributed by atoms with Crippen LogP contribution in [0.1, 0.15) is 51.3 Å². The first kappa shape index (κ1) is 18.1. The van der Waals surface area contributed by atoms with Crippen molar-refractivity contribution < 1.29 is 9.47 Å². The van der Waals surface area contributed by atoms with Crippen molar-refractivity contribution in [2.24, 2.45) is 0 Å². The maximum absolute atomic E-state index is 5.79. The molecule has 0 fully saturated rings. The van der Waals surface area contributed by atoms with Gasteiger partial charge in [-0.1, -0.05) is 36.8 Å². The third-order valence-corrected chi connectivity index (χ3v) is 3.17. The van der Waals surface area contributed by atoms with E-state index in [1.54, 1.807) is 0 Å². The molecule has 0 bridgehead atoms. The Balaban J connectivity index is 2.41. The number of rotatable bonds is 9. The van der Waals surface area contributed by atoms with E-state index in [9.17, 15) is 0 Å². The maximum atomic E-state index is 5.79. The van der Waals surface area contributed by atoms with Gasteiger partial charge in [0.15, 0.2) is 0 Å². The van der Waals surface area contributed by atoms with Gasteiger partial charge in [-0.3, -0.25) is 0 Å². The zero-order chi connectivity index (χ0) is 15.7. The molecule has 1 aromatic carbocycles. The van der Waals surface area contributed by atoms with Gasteiger partial charge >= 0.3 is 0 Å². The van der Waals surface area contributed by atoms with Crippen molar-refractivity contribution in [3.8, 4) is 0 Å². The number of ether oxygens (including phenoxy) is 2. The summed E-state index contributed by atoms with van der Waals surface area (Å²) in [4.78, 5) is 0. The van der Waals surface area contributed by atoms with Crippen LogP contribution in [0.3, 0.4) is 0 Å². The minimum atomic E-state index is -0.0970. The molecule has 0 spiro atoms. The quantitative estimate of drug-likeness (QED) is 0.701. The molecule has 0 radical (unpaired) electrons. The van der Waals surface area contributed by atoms with Gasteiger partial charge in [-0.2, -0.15) is 0 Å². The Hall–Kier alpha value is -0.900. The second-order valence-corrected chi connectivity index (χ2v) is 6.45. The largest absolute Gasteiger partial charge is 0.377 e. The minimum absolute atomic E-state index is 0.0970. The highest BCUT2D eigenvalue weighted by atomic mass is 16.5. The minimum Gasteiger partial charge on any atom is -0.377 e. The monoisotopic (exact) mass is 293 g/mol. The van der Waals surface area contributed by atoms with Crippen LogP contribution in [0.25, 0.3) is 0 Å². The molecule has 0 aliphatic carbocycles. The standard InChI is InChI=1S/C18H31NO2/c1-6-11-19-17(16-9-7-15(2)8-10-16)14-20-12-13-21-18(3,4)5/h7-10,17,19H,6,11-14H2,1-5H3. The molecule has 0 amide bonds. The molecular weight excluding hydrogens is 262 g/mol. The average Bonchev–Trinajstić information content (AvgIpc) is 2.42. The summed E-state index contributed by atoms with van der Waals surface area (Å²) in [6, 6.07) is 8.91. The second-order valence-electron chi connectivity index (χ2n) is 6.45. The zero-order valence-electron chi connectivity index (χ0n) is 14.2. The summed E-state index contributed by atoms with van der Waals surface area (Å²) in [5.74, 6) is 0. The molecule has 0 aliphatic heterocycles. The first-order chi connectivity index (χ1) is 9.92. The van der Waals surface area contributed by atoms with Gasteiger partial charge in [-0.15, -0.1) is 0 Å². The Labute approximate surface area is 130 Å². The molecule has 3 nitrogen and oxygen atoms in total. The van der Waals surface area contributed by atoms with Crippen LogP contribution in [-0.4, -0.2) is 32.0 Å². The first-order valence-corrected chi connectivity index (χ1v) is 7.94. The lowest BCUT2D eigenvalue weighted by Crippen LogP contribution is -2.28. The van der Waals surface area contributed by atoms with Gasteiger partial charge in [-0.05, 0) is 46.2 Å². The van der Waals surface area contributed by atoms with Crippen LogP contribution in [-0.2, 0) is 9.47 Å². The van der Waals surface area contributed by atoms with Crippen molar-refractivity contribution in [1.82, 2.24) is 5.32 Å². The molecule has 1 rings (SSSR count). The van der Waals surface area contributed by atoms with Crippen LogP contribution >= 0.6 is 0 Å². The van der Waals surface area contributed by atoms with Crippen LogP contribution in [0.4, 0.5) is 0 Å². The van der Waals surface area contributed by atoms with Crippen molar-refractivity contribution in [2.75, 3.05) is 26.4 Å². The second kappa shape index (κ2) is 9.19. The number of aryl methyl sites for hydroxylation is 1. The molecule has 0 heterocycles. The number of hydrogen-bond acceptors (Lipinski definition) is 3. The molecule has 1 atom stereocenters. The van der Waals surface area contributed by atoms with E-state index >= 15 is 0 Å².